The molecule has 0 amide bonds. The lowest BCUT2D eigenvalue weighted by Crippen LogP contribution is -2.13. The number of rotatable bonds is 7. The summed E-state index contributed by atoms with van der Waals surface area (Å²) < 4.78 is 0. The Morgan fingerprint density at radius 3 is 2.79 bits per heavy atom. The van der Waals surface area contributed by atoms with Crippen molar-refractivity contribution in [2.45, 2.75) is 30.5 Å². The third-order valence-electron chi connectivity index (χ3n) is 2.64. The zero-order valence-corrected chi connectivity index (χ0v) is 12.0. The Morgan fingerprint density at radius 1 is 1.16 bits per heavy atom. The Kier molecular flexibility index (Phi) is 5.85. The molecule has 0 saturated carbocycles. The van der Waals surface area contributed by atoms with E-state index in [0.29, 0.717) is 0 Å². The Labute approximate surface area is 118 Å². The molecule has 2 aromatic rings. The predicted octanol–water partition coefficient (Wildman–Crippen LogP) is 3.27. The van der Waals surface area contributed by atoms with Crippen molar-refractivity contribution in [1.82, 2.24) is 15.3 Å². The molecule has 0 aliphatic carbocycles. The summed E-state index contributed by atoms with van der Waals surface area (Å²) in [6, 6.07) is 10.5. The van der Waals surface area contributed by atoms with Gasteiger partial charge >= 0.3 is 0 Å². The first-order valence-corrected chi connectivity index (χ1v) is 7.55. The summed E-state index contributed by atoms with van der Waals surface area (Å²) in [6.45, 7) is 4.18. The van der Waals surface area contributed by atoms with E-state index in [1.54, 1.807) is 24.2 Å². The highest BCUT2D eigenvalue weighted by Crippen LogP contribution is 2.22. The molecule has 0 saturated heterocycles. The minimum absolute atomic E-state index is 0.812. The first-order chi connectivity index (χ1) is 9.38. The Hall–Kier alpha value is -1.39. The van der Waals surface area contributed by atoms with Crippen LogP contribution >= 0.6 is 11.8 Å². The molecular formula is C15H19N3S. The van der Waals surface area contributed by atoms with Crippen LogP contribution < -0.4 is 5.32 Å². The van der Waals surface area contributed by atoms with Gasteiger partial charge in [-0.15, -0.1) is 11.8 Å². The average molecular weight is 273 g/mol. The van der Waals surface area contributed by atoms with Gasteiger partial charge in [0, 0.05) is 23.8 Å². The second kappa shape index (κ2) is 7.92. The first-order valence-electron chi connectivity index (χ1n) is 6.57. The van der Waals surface area contributed by atoms with Gasteiger partial charge in [-0.1, -0.05) is 19.1 Å². The van der Waals surface area contributed by atoms with Gasteiger partial charge in [-0.05, 0) is 36.7 Å². The van der Waals surface area contributed by atoms with Crippen molar-refractivity contribution in [3.8, 4) is 0 Å². The minimum atomic E-state index is 0.812. The molecule has 0 unspecified atom stereocenters. The molecule has 1 aromatic heterocycles. The van der Waals surface area contributed by atoms with E-state index < -0.39 is 0 Å². The molecule has 1 N–H and O–H groups in total. The Morgan fingerprint density at radius 2 is 2.00 bits per heavy atom. The lowest BCUT2D eigenvalue weighted by Gasteiger charge is -2.06. The highest BCUT2D eigenvalue weighted by Gasteiger charge is 1.99. The maximum absolute atomic E-state index is 4.23. The standard InChI is InChI=1S/C15H19N3S/c1-2-7-16-11-13-5-3-6-14(10-13)19-12-15-17-8-4-9-18-15/h3-6,8-10,16H,2,7,11-12H2,1H3. The van der Waals surface area contributed by atoms with E-state index in [9.17, 15) is 0 Å². The van der Waals surface area contributed by atoms with Gasteiger partial charge in [0.1, 0.15) is 5.82 Å². The zero-order chi connectivity index (χ0) is 13.3. The third kappa shape index (κ3) is 5.01. The topological polar surface area (TPSA) is 37.8 Å². The van der Waals surface area contributed by atoms with Gasteiger partial charge in [0.25, 0.3) is 0 Å². The number of hydrogen-bond donors (Lipinski definition) is 1. The SMILES string of the molecule is CCCNCc1cccc(SCc2ncccn2)c1. The van der Waals surface area contributed by atoms with E-state index in [1.807, 2.05) is 6.07 Å². The van der Waals surface area contributed by atoms with Gasteiger partial charge in [-0.3, -0.25) is 0 Å². The normalized spacial score (nSPS) is 10.6. The molecule has 0 aliphatic rings. The van der Waals surface area contributed by atoms with Gasteiger partial charge < -0.3 is 5.32 Å². The van der Waals surface area contributed by atoms with Crippen molar-refractivity contribution in [2.75, 3.05) is 6.54 Å². The van der Waals surface area contributed by atoms with Crippen LogP contribution in [0.25, 0.3) is 0 Å². The van der Waals surface area contributed by atoms with Crippen LogP contribution in [0.2, 0.25) is 0 Å². The molecule has 0 radical (unpaired) electrons. The van der Waals surface area contributed by atoms with E-state index in [2.05, 4.69) is 46.5 Å². The highest BCUT2D eigenvalue weighted by atomic mass is 32.2. The summed E-state index contributed by atoms with van der Waals surface area (Å²) >= 11 is 1.77. The smallest absolute Gasteiger partial charge is 0.138 e. The molecule has 0 spiro atoms. The Bertz CT molecular complexity index is 488. The molecule has 3 nitrogen and oxygen atoms in total. The summed E-state index contributed by atoms with van der Waals surface area (Å²) in [6.07, 6.45) is 4.74. The van der Waals surface area contributed by atoms with E-state index in [4.69, 9.17) is 0 Å². The molecule has 19 heavy (non-hydrogen) atoms. The fraction of sp³-hybridized carbons (Fsp3) is 0.333. The maximum atomic E-state index is 4.23. The lowest BCUT2D eigenvalue weighted by atomic mass is 10.2. The number of aromatic nitrogens is 2. The van der Waals surface area contributed by atoms with Crippen molar-refractivity contribution in [3.05, 3.63) is 54.1 Å². The van der Waals surface area contributed by atoms with E-state index in [0.717, 1.165) is 24.7 Å². The molecule has 0 atom stereocenters. The summed E-state index contributed by atoms with van der Waals surface area (Å²) in [4.78, 5) is 9.73. The van der Waals surface area contributed by atoms with Gasteiger partial charge in [0.05, 0.1) is 5.75 Å². The average Bonchev–Trinajstić information content (AvgIpc) is 2.47. The molecule has 2 rings (SSSR count). The number of thioether (sulfide) groups is 1. The fourth-order valence-electron chi connectivity index (χ4n) is 1.71. The molecule has 4 heteroatoms. The monoisotopic (exact) mass is 273 g/mol. The molecule has 0 bridgehead atoms. The van der Waals surface area contributed by atoms with Crippen LogP contribution in [0.1, 0.15) is 24.7 Å². The summed E-state index contributed by atoms with van der Waals surface area (Å²) in [5, 5.41) is 3.42. The fourth-order valence-corrected chi connectivity index (χ4v) is 2.56. The second-order valence-electron chi connectivity index (χ2n) is 4.28. The van der Waals surface area contributed by atoms with Gasteiger partial charge in [0.15, 0.2) is 0 Å². The van der Waals surface area contributed by atoms with E-state index in [-0.39, 0.29) is 0 Å². The van der Waals surface area contributed by atoms with Crippen molar-refractivity contribution in [1.29, 1.82) is 0 Å². The van der Waals surface area contributed by atoms with Crippen LogP contribution in [0.4, 0.5) is 0 Å². The van der Waals surface area contributed by atoms with Gasteiger partial charge in [-0.2, -0.15) is 0 Å². The van der Waals surface area contributed by atoms with Crippen LogP contribution in [0, 0.1) is 0 Å². The van der Waals surface area contributed by atoms with E-state index >= 15 is 0 Å². The van der Waals surface area contributed by atoms with Crippen molar-refractivity contribution >= 4 is 11.8 Å². The largest absolute Gasteiger partial charge is 0.313 e. The van der Waals surface area contributed by atoms with Crippen LogP contribution in [0.3, 0.4) is 0 Å². The van der Waals surface area contributed by atoms with Gasteiger partial charge in [0.2, 0.25) is 0 Å². The number of nitrogens with zero attached hydrogens (tertiary/aromatic N) is 2. The number of hydrogen-bond acceptors (Lipinski definition) is 4. The zero-order valence-electron chi connectivity index (χ0n) is 11.2. The van der Waals surface area contributed by atoms with Crippen molar-refractivity contribution in [3.63, 3.8) is 0 Å². The van der Waals surface area contributed by atoms with Crippen molar-refractivity contribution in [2.24, 2.45) is 0 Å². The van der Waals surface area contributed by atoms with Crippen LogP contribution in [0.5, 0.6) is 0 Å². The molecule has 0 aliphatic heterocycles. The summed E-state index contributed by atoms with van der Waals surface area (Å²) in [5.74, 6) is 1.69. The lowest BCUT2D eigenvalue weighted by molar-refractivity contribution is 0.674. The minimum Gasteiger partial charge on any atom is -0.313 e. The molecule has 100 valence electrons. The predicted molar refractivity (Wildman–Crippen MR) is 80.0 cm³/mol. The van der Waals surface area contributed by atoms with Crippen molar-refractivity contribution < 1.29 is 0 Å². The number of benzene rings is 1. The molecular weight excluding hydrogens is 254 g/mol. The highest BCUT2D eigenvalue weighted by molar-refractivity contribution is 7.98. The first kappa shape index (κ1) is 14.0. The third-order valence-corrected chi connectivity index (χ3v) is 3.63. The van der Waals surface area contributed by atoms with Crippen LogP contribution in [-0.4, -0.2) is 16.5 Å². The van der Waals surface area contributed by atoms with Crippen LogP contribution in [-0.2, 0) is 12.3 Å². The maximum Gasteiger partial charge on any atom is 0.138 e. The van der Waals surface area contributed by atoms with Crippen LogP contribution in [0.15, 0.2) is 47.6 Å². The molecule has 0 fully saturated rings. The summed E-state index contributed by atoms with van der Waals surface area (Å²) in [5.41, 5.74) is 1.33. The Balaban J connectivity index is 1.88. The second-order valence-corrected chi connectivity index (χ2v) is 5.33. The number of nitrogens with one attached hydrogen (secondary N) is 1. The summed E-state index contributed by atoms with van der Waals surface area (Å²) in [7, 11) is 0. The quantitative estimate of drug-likeness (QED) is 0.620. The molecule has 1 aromatic carbocycles. The van der Waals surface area contributed by atoms with E-state index in [1.165, 1.54) is 16.9 Å². The van der Waals surface area contributed by atoms with Gasteiger partial charge in [-0.25, -0.2) is 9.97 Å². The molecule has 1 heterocycles.